The summed E-state index contributed by atoms with van der Waals surface area (Å²) in [5.74, 6) is 0. The number of benzene rings is 2. The smallest absolute Gasteiger partial charge is 0.243 e. The molecule has 0 N–H and O–H groups in total. The zero-order chi connectivity index (χ0) is 18.0. The number of anilines is 1. The van der Waals surface area contributed by atoms with E-state index >= 15 is 0 Å². The van der Waals surface area contributed by atoms with Crippen molar-refractivity contribution in [2.24, 2.45) is 0 Å². The molecule has 1 unspecified atom stereocenters. The summed E-state index contributed by atoms with van der Waals surface area (Å²) in [6, 6.07) is 14.2. The van der Waals surface area contributed by atoms with Crippen LogP contribution < -0.4 is 4.90 Å². The Hall–Kier alpha value is -1.60. The van der Waals surface area contributed by atoms with Crippen LogP contribution in [0.1, 0.15) is 11.7 Å². The Kier molecular flexibility index (Phi) is 5.34. The van der Waals surface area contributed by atoms with E-state index in [4.69, 9.17) is 16.3 Å². The van der Waals surface area contributed by atoms with E-state index in [1.54, 1.807) is 12.1 Å². The Labute approximate surface area is 153 Å². The number of nitrogens with zero attached hydrogens (tertiary/aromatic N) is 2. The van der Waals surface area contributed by atoms with Crippen molar-refractivity contribution < 1.29 is 13.2 Å². The Morgan fingerprint density at radius 2 is 1.72 bits per heavy atom. The second-order valence-electron chi connectivity index (χ2n) is 6.16. The average Bonchev–Trinajstić information content (AvgIpc) is 2.62. The Bertz CT molecular complexity index is 820. The van der Waals surface area contributed by atoms with Gasteiger partial charge in [-0.2, -0.15) is 4.31 Å². The molecule has 2 aromatic rings. The van der Waals surface area contributed by atoms with Crippen LogP contribution in [0, 0.1) is 0 Å². The molecular weight excluding hydrogens is 360 g/mol. The van der Waals surface area contributed by atoms with Gasteiger partial charge in [-0.05, 0) is 42.0 Å². The molecule has 7 heteroatoms. The van der Waals surface area contributed by atoms with Gasteiger partial charge < -0.3 is 9.64 Å². The van der Waals surface area contributed by atoms with Crippen LogP contribution in [0.2, 0.25) is 5.02 Å². The minimum atomic E-state index is -3.55. The first-order valence-corrected chi connectivity index (χ1v) is 9.84. The van der Waals surface area contributed by atoms with Crippen LogP contribution in [0.25, 0.3) is 0 Å². The van der Waals surface area contributed by atoms with Crippen molar-refractivity contribution in [3.8, 4) is 0 Å². The molecule has 0 amide bonds. The van der Waals surface area contributed by atoms with Gasteiger partial charge in [0.05, 0.1) is 17.6 Å². The summed E-state index contributed by atoms with van der Waals surface area (Å²) in [6.07, 6.45) is -0.271. The van der Waals surface area contributed by atoms with Gasteiger partial charge in [0.25, 0.3) is 0 Å². The van der Waals surface area contributed by atoms with Crippen molar-refractivity contribution in [1.82, 2.24) is 4.31 Å². The Morgan fingerprint density at radius 3 is 2.32 bits per heavy atom. The molecule has 0 aliphatic carbocycles. The van der Waals surface area contributed by atoms with Gasteiger partial charge in [0, 0.05) is 37.9 Å². The zero-order valence-corrected chi connectivity index (χ0v) is 15.8. The van der Waals surface area contributed by atoms with Crippen molar-refractivity contribution in [2.75, 3.05) is 38.7 Å². The summed E-state index contributed by atoms with van der Waals surface area (Å²) in [7, 11) is 0.403. The molecule has 1 fully saturated rings. The first kappa shape index (κ1) is 18.2. The number of hydrogen-bond acceptors (Lipinski definition) is 4. The second kappa shape index (κ2) is 7.33. The normalized spacial score (nSPS) is 18.9. The monoisotopic (exact) mass is 380 g/mol. The molecular formula is C18H21ClN2O3S. The van der Waals surface area contributed by atoms with Gasteiger partial charge in [-0.1, -0.05) is 23.7 Å². The molecule has 0 spiro atoms. The van der Waals surface area contributed by atoms with Crippen molar-refractivity contribution in [2.45, 2.75) is 11.0 Å². The van der Waals surface area contributed by atoms with Crippen LogP contribution in [-0.4, -0.2) is 46.5 Å². The third-order valence-electron chi connectivity index (χ3n) is 4.26. The zero-order valence-electron chi connectivity index (χ0n) is 14.2. The number of sulfonamides is 1. The van der Waals surface area contributed by atoms with E-state index in [0.29, 0.717) is 24.7 Å². The summed E-state index contributed by atoms with van der Waals surface area (Å²) in [4.78, 5) is 2.27. The summed E-state index contributed by atoms with van der Waals surface area (Å²) < 4.78 is 33.0. The molecule has 0 saturated carbocycles. The highest BCUT2D eigenvalue weighted by atomic mass is 35.5. The fraction of sp³-hybridized carbons (Fsp3) is 0.333. The lowest BCUT2D eigenvalue weighted by atomic mass is 10.1. The van der Waals surface area contributed by atoms with Gasteiger partial charge in [-0.15, -0.1) is 0 Å². The fourth-order valence-electron chi connectivity index (χ4n) is 2.79. The summed E-state index contributed by atoms with van der Waals surface area (Å²) in [5.41, 5.74) is 2.06. The van der Waals surface area contributed by atoms with E-state index in [0.717, 1.165) is 11.3 Å². The van der Waals surface area contributed by atoms with Crippen molar-refractivity contribution >= 4 is 27.3 Å². The van der Waals surface area contributed by atoms with Crippen LogP contribution in [0.15, 0.2) is 53.4 Å². The second-order valence-corrected chi connectivity index (χ2v) is 8.54. The molecule has 134 valence electrons. The predicted octanol–water partition coefficient (Wildman–Crippen LogP) is 3.17. The van der Waals surface area contributed by atoms with Crippen molar-refractivity contribution in [3.05, 3.63) is 59.1 Å². The molecule has 2 aromatic carbocycles. The van der Waals surface area contributed by atoms with E-state index in [2.05, 4.69) is 0 Å². The van der Waals surface area contributed by atoms with Gasteiger partial charge in [-0.25, -0.2) is 8.42 Å². The number of hydrogen-bond donors (Lipinski definition) is 0. The molecule has 0 bridgehead atoms. The van der Waals surface area contributed by atoms with E-state index < -0.39 is 10.0 Å². The van der Waals surface area contributed by atoms with Gasteiger partial charge >= 0.3 is 0 Å². The van der Waals surface area contributed by atoms with Gasteiger partial charge in [0.15, 0.2) is 0 Å². The molecule has 0 radical (unpaired) electrons. The lowest BCUT2D eigenvalue weighted by Crippen LogP contribution is -2.42. The van der Waals surface area contributed by atoms with Gasteiger partial charge in [0.1, 0.15) is 0 Å². The summed E-state index contributed by atoms with van der Waals surface area (Å²) in [6.45, 7) is 1.01. The largest absolute Gasteiger partial charge is 0.378 e. The quantitative estimate of drug-likeness (QED) is 0.817. The summed E-state index contributed by atoms with van der Waals surface area (Å²) in [5, 5.41) is 0.514. The SMILES string of the molecule is CN(C)c1ccc(C2CN(S(=O)(=O)c3ccc(Cl)cc3)CCO2)cc1. The van der Waals surface area contributed by atoms with Gasteiger partial charge in [-0.3, -0.25) is 0 Å². The lowest BCUT2D eigenvalue weighted by molar-refractivity contribution is -0.00254. The molecule has 1 aliphatic heterocycles. The van der Waals surface area contributed by atoms with Crippen LogP contribution in [-0.2, 0) is 14.8 Å². The molecule has 1 aliphatic rings. The third-order valence-corrected chi connectivity index (χ3v) is 6.39. The highest BCUT2D eigenvalue weighted by Gasteiger charge is 2.31. The maximum atomic E-state index is 12.8. The molecule has 1 saturated heterocycles. The van der Waals surface area contributed by atoms with Crippen LogP contribution in [0.3, 0.4) is 0 Å². The number of rotatable bonds is 4. The molecule has 1 heterocycles. The third kappa shape index (κ3) is 3.98. The topological polar surface area (TPSA) is 49.9 Å². The highest BCUT2D eigenvalue weighted by molar-refractivity contribution is 7.89. The lowest BCUT2D eigenvalue weighted by Gasteiger charge is -2.32. The number of morpholine rings is 1. The number of halogens is 1. The summed E-state index contributed by atoms with van der Waals surface area (Å²) >= 11 is 5.85. The first-order chi connectivity index (χ1) is 11.9. The minimum absolute atomic E-state index is 0.250. The molecule has 25 heavy (non-hydrogen) atoms. The van der Waals surface area contributed by atoms with Crippen LogP contribution in [0.5, 0.6) is 0 Å². The molecule has 3 rings (SSSR count). The first-order valence-electron chi connectivity index (χ1n) is 8.02. The minimum Gasteiger partial charge on any atom is -0.378 e. The Balaban J connectivity index is 1.79. The standard InChI is InChI=1S/C18H21ClN2O3S/c1-20(2)16-7-3-14(4-8-16)18-13-21(11-12-24-18)25(22,23)17-9-5-15(19)6-10-17/h3-10,18H,11-13H2,1-2H3. The maximum Gasteiger partial charge on any atom is 0.243 e. The van der Waals surface area contributed by atoms with Crippen molar-refractivity contribution in [1.29, 1.82) is 0 Å². The molecule has 0 aromatic heterocycles. The number of ether oxygens (including phenoxy) is 1. The predicted molar refractivity (Wildman–Crippen MR) is 99.7 cm³/mol. The van der Waals surface area contributed by atoms with Crippen molar-refractivity contribution in [3.63, 3.8) is 0 Å². The average molecular weight is 381 g/mol. The highest BCUT2D eigenvalue weighted by Crippen LogP contribution is 2.28. The van der Waals surface area contributed by atoms with Gasteiger partial charge in [0.2, 0.25) is 10.0 Å². The van der Waals surface area contributed by atoms with E-state index in [1.165, 1.54) is 16.4 Å². The molecule has 5 nitrogen and oxygen atoms in total. The fourth-order valence-corrected chi connectivity index (χ4v) is 4.34. The van der Waals surface area contributed by atoms with Crippen LogP contribution in [0.4, 0.5) is 5.69 Å². The molecule has 1 atom stereocenters. The Morgan fingerprint density at radius 1 is 1.08 bits per heavy atom. The van der Waals surface area contributed by atoms with E-state index in [9.17, 15) is 8.42 Å². The van der Waals surface area contributed by atoms with Crippen LogP contribution >= 0.6 is 11.6 Å². The van der Waals surface area contributed by atoms with E-state index in [1.807, 2.05) is 43.3 Å². The maximum absolute atomic E-state index is 12.8. The van der Waals surface area contributed by atoms with E-state index in [-0.39, 0.29) is 11.0 Å².